The van der Waals surface area contributed by atoms with E-state index in [0.717, 1.165) is 18.0 Å². The summed E-state index contributed by atoms with van der Waals surface area (Å²) in [7, 11) is 0. The highest BCUT2D eigenvalue weighted by Gasteiger charge is 2.05. The molecule has 0 fully saturated rings. The minimum Gasteiger partial charge on any atom is -0.359 e. The third-order valence-corrected chi connectivity index (χ3v) is 3.65. The van der Waals surface area contributed by atoms with Crippen molar-refractivity contribution >= 4 is 28.1 Å². The third-order valence-electron chi connectivity index (χ3n) is 2.55. The molecule has 0 aliphatic heterocycles. The van der Waals surface area contributed by atoms with E-state index in [0.29, 0.717) is 11.2 Å². The molecule has 0 bridgehead atoms. The van der Waals surface area contributed by atoms with Crippen LogP contribution in [0.4, 0.5) is 5.13 Å². The quantitative estimate of drug-likeness (QED) is 0.876. The average Bonchev–Trinajstić information content (AvgIpc) is 2.73. The van der Waals surface area contributed by atoms with Crippen LogP contribution in [0, 0.1) is 0 Å². The average molecular weight is 267 g/mol. The largest absolute Gasteiger partial charge is 0.359 e. The molecule has 0 radical (unpaired) electrons. The molecule has 17 heavy (non-hydrogen) atoms. The normalized spacial score (nSPS) is 12.4. The van der Waals surface area contributed by atoms with Crippen LogP contribution in [-0.4, -0.2) is 11.0 Å². The SMILES string of the molecule is CC(CCc1ccccc1)Nc1nc(Cl)cs1. The lowest BCUT2D eigenvalue weighted by molar-refractivity contribution is 0.705. The standard InChI is InChI=1S/C13H15ClN2S/c1-10(15-13-16-12(14)9-17-13)7-8-11-5-3-2-4-6-11/h2-6,9-10H,7-8H2,1H3,(H,15,16). The van der Waals surface area contributed by atoms with E-state index in [9.17, 15) is 0 Å². The second-order valence-corrected chi connectivity index (χ2v) is 5.29. The van der Waals surface area contributed by atoms with E-state index in [1.807, 2.05) is 11.4 Å². The number of nitrogens with one attached hydrogen (secondary N) is 1. The summed E-state index contributed by atoms with van der Waals surface area (Å²) < 4.78 is 0. The van der Waals surface area contributed by atoms with Gasteiger partial charge >= 0.3 is 0 Å². The molecule has 1 atom stereocenters. The summed E-state index contributed by atoms with van der Waals surface area (Å²) in [6, 6.07) is 10.9. The van der Waals surface area contributed by atoms with Gasteiger partial charge in [-0.2, -0.15) is 0 Å². The molecule has 0 saturated heterocycles. The number of anilines is 1. The molecule has 1 unspecified atom stereocenters. The maximum Gasteiger partial charge on any atom is 0.184 e. The number of aromatic nitrogens is 1. The van der Waals surface area contributed by atoms with Gasteiger partial charge in [0.2, 0.25) is 0 Å². The molecule has 1 aromatic heterocycles. The summed E-state index contributed by atoms with van der Waals surface area (Å²) in [6.07, 6.45) is 2.16. The van der Waals surface area contributed by atoms with E-state index in [2.05, 4.69) is 41.5 Å². The number of rotatable bonds is 5. The molecule has 2 rings (SSSR count). The minimum atomic E-state index is 0.400. The van der Waals surface area contributed by atoms with Gasteiger partial charge in [0, 0.05) is 11.4 Å². The summed E-state index contributed by atoms with van der Waals surface area (Å²) in [4.78, 5) is 4.18. The first-order valence-corrected chi connectivity index (χ1v) is 6.91. The lowest BCUT2D eigenvalue weighted by Gasteiger charge is -2.12. The van der Waals surface area contributed by atoms with Gasteiger partial charge in [-0.1, -0.05) is 41.9 Å². The second-order valence-electron chi connectivity index (χ2n) is 4.05. The zero-order chi connectivity index (χ0) is 12.1. The van der Waals surface area contributed by atoms with Crippen LogP contribution in [0.5, 0.6) is 0 Å². The van der Waals surface area contributed by atoms with Crippen LogP contribution in [0.1, 0.15) is 18.9 Å². The summed E-state index contributed by atoms with van der Waals surface area (Å²) in [6.45, 7) is 2.16. The molecule has 1 N–H and O–H groups in total. The third kappa shape index (κ3) is 4.02. The van der Waals surface area contributed by atoms with Crippen molar-refractivity contribution in [3.63, 3.8) is 0 Å². The fraction of sp³-hybridized carbons (Fsp3) is 0.308. The van der Waals surface area contributed by atoms with Crippen LogP contribution >= 0.6 is 22.9 Å². The lowest BCUT2D eigenvalue weighted by atomic mass is 10.1. The predicted molar refractivity (Wildman–Crippen MR) is 75.0 cm³/mol. The number of hydrogen-bond acceptors (Lipinski definition) is 3. The van der Waals surface area contributed by atoms with Gasteiger partial charge in [0.25, 0.3) is 0 Å². The van der Waals surface area contributed by atoms with Gasteiger partial charge in [-0.25, -0.2) is 4.98 Å². The van der Waals surface area contributed by atoms with Crippen LogP contribution in [0.2, 0.25) is 5.15 Å². The van der Waals surface area contributed by atoms with Crippen molar-refractivity contribution in [2.45, 2.75) is 25.8 Å². The Bertz CT molecular complexity index is 455. The van der Waals surface area contributed by atoms with E-state index < -0.39 is 0 Å². The Labute approximate surface area is 111 Å². The molecule has 0 amide bonds. The first-order valence-electron chi connectivity index (χ1n) is 5.65. The number of halogens is 1. The Morgan fingerprint density at radius 3 is 2.76 bits per heavy atom. The highest BCUT2D eigenvalue weighted by molar-refractivity contribution is 7.14. The minimum absolute atomic E-state index is 0.400. The fourth-order valence-corrected chi connectivity index (χ4v) is 2.58. The van der Waals surface area contributed by atoms with E-state index >= 15 is 0 Å². The van der Waals surface area contributed by atoms with Gasteiger partial charge in [-0.15, -0.1) is 11.3 Å². The molecule has 0 aliphatic carbocycles. The van der Waals surface area contributed by atoms with Crippen molar-refractivity contribution in [3.05, 3.63) is 46.4 Å². The van der Waals surface area contributed by atoms with E-state index in [1.54, 1.807) is 11.3 Å². The van der Waals surface area contributed by atoms with Crippen LogP contribution in [0.15, 0.2) is 35.7 Å². The molecule has 0 aliphatic rings. The van der Waals surface area contributed by atoms with Crippen LogP contribution in [0.3, 0.4) is 0 Å². The lowest BCUT2D eigenvalue weighted by Crippen LogP contribution is -2.15. The van der Waals surface area contributed by atoms with Crippen molar-refractivity contribution in [2.24, 2.45) is 0 Å². The first kappa shape index (κ1) is 12.4. The molecular weight excluding hydrogens is 252 g/mol. The van der Waals surface area contributed by atoms with E-state index in [-0.39, 0.29) is 0 Å². The predicted octanol–water partition coefficient (Wildman–Crippen LogP) is 4.23. The van der Waals surface area contributed by atoms with Gasteiger partial charge in [0.1, 0.15) is 5.15 Å². The van der Waals surface area contributed by atoms with Gasteiger partial charge in [-0.3, -0.25) is 0 Å². The van der Waals surface area contributed by atoms with Gasteiger partial charge < -0.3 is 5.32 Å². The van der Waals surface area contributed by atoms with Gasteiger partial charge in [0.05, 0.1) is 0 Å². The second kappa shape index (κ2) is 6.03. The van der Waals surface area contributed by atoms with Gasteiger partial charge in [0.15, 0.2) is 5.13 Å². The molecule has 0 spiro atoms. The zero-order valence-electron chi connectivity index (χ0n) is 9.69. The highest BCUT2D eigenvalue weighted by Crippen LogP contribution is 2.20. The molecule has 0 saturated carbocycles. The molecule has 1 heterocycles. The number of thiazole rings is 1. The topological polar surface area (TPSA) is 24.9 Å². The summed E-state index contributed by atoms with van der Waals surface area (Å²) >= 11 is 7.32. The Morgan fingerprint density at radius 1 is 1.35 bits per heavy atom. The van der Waals surface area contributed by atoms with Crippen molar-refractivity contribution in [2.75, 3.05) is 5.32 Å². The van der Waals surface area contributed by atoms with Crippen LogP contribution in [-0.2, 0) is 6.42 Å². The smallest absolute Gasteiger partial charge is 0.184 e. The fourth-order valence-electron chi connectivity index (χ4n) is 1.63. The molecule has 2 nitrogen and oxygen atoms in total. The highest BCUT2D eigenvalue weighted by atomic mass is 35.5. The monoisotopic (exact) mass is 266 g/mol. The summed E-state index contributed by atoms with van der Waals surface area (Å²) in [5.74, 6) is 0. The number of hydrogen-bond donors (Lipinski definition) is 1. The molecule has 4 heteroatoms. The van der Waals surface area contributed by atoms with Crippen molar-refractivity contribution < 1.29 is 0 Å². The van der Waals surface area contributed by atoms with Crippen LogP contribution < -0.4 is 5.32 Å². The molecule has 1 aromatic carbocycles. The Balaban J connectivity index is 1.80. The van der Waals surface area contributed by atoms with Crippen molar-refractivity contribution in [1.29, 1.82) is 0 Å². The van der Waals surface area contributed by atoms with E-state index in [4.69, 9.17) is 11.6 Å². The molecule has 90 valence electrons. The Morgan fingerprint density at radius 2 is 2.12 bits per heavy atom. The van der Waals surface area contributed by atoms with Gasteiger partial charge in [-0.05, 0) is 25.3 Å². The Hall–Kier alpha value is -1.06. The number of aryl methyl sites for hydroxylation is 1. The molecule has 2 aromatic rings. The number of nitrogens with zero attached hydrogens (tertiary/aromatic N) is 1. The first-order chi connectivity index (χ1) is 8.24. The van der Waals surface area contributed by atoms with Crippen LogP contribution in [0.25, 0.3) is 0 Å². The van der Waals surface area contributed by atoms with Crippen molar-refractivity contribution in [1.82, 2.24) is 4.98 Å². The zero-order valence-corrected chi connectivity index (χ0v) is 11.3. The summed E-state index contributed by atoms with van der Waals surface area (Å²) in [5.41, 5.74) is 1.37. The molecular formula is C13H15ClN2S. The van der Waals surface area contributed by atoms with E-state index in [1.165, 1.54) is 5.56 Å². The number of benzene rings is 1. The summed E-state index contributed by atoms with van der Waals surface area (Å²) in [5, 5.41) is 6.66. The maximum absolute atomic E-state index is 5.78. The van der Waals surface area contributed by atoms with Crippen molar-refractivity contribution in [3.8, 4) is 0 Å². The maximum atomic E-state index is 5.78. The Kier molecular flexibility index (Phi) is 4.40.